The van der Waals surface area contributed by atoms with Crippen molar-refractivity contribution >= 4 is 7.37 Å². The number of hydrogen-bond donors (Lipinski definition) is 0. The largest absolute Gasteiger partial charge is 0.398 e. The number of hydrogen-bond acceptors (Lipinski definition) is 2. The summed E-state index contributed by atoms with van der Waals surface area (Å²) in [5.74, 6) is 0.828. The third kappa shape index (κ3) is 4.71. The summed E-state index contributed by atoms with van der Waals surface area (Å²) in [6.07, 6.45) is -1.89. The highest BCUT2D eigenvalue weighted by Crippen LogP contribution is 2.54. The van der Waals surface area contributed by atoms with Crippen LogP contribution in [-0.4, -0.2) is 18.4 Å². The van der Waals surface area contributed by atoms with E-state index in [0.29, 0.717) is 12.8 Å². The van der Waals surface area contributed by atoms with Crippen molar-refractivity contribution in [2.24, 2.45) is 0 Å². The summed E-state index contributed by atoms with van der Waals surface area (Å²) < 4.78 is 53.5. The Labute approximate surface area is 93.3 Å². The molecule has 0 aromatic rings. The molecule has 1 aliphatic carbocycles. The van der Waals surface area contributed by atoms with Gasteiger partial charge in [-0.2, -0.15) is 13.2 Å². The highest BCUT2D eigenvalue weighted by atomic mass is 31.2. The molecule has 0 aliphatic heterocycles. The van der Waals surface area contributed by atoms with E-state index in [0.717, 1.165) is 25.1 Å². The Hall–Kier alpha value is -0.280. The van der Waals surface area contributed by atoms with Crippen LogP contribution in [0.15, 0.2) is 12.4 Å². The fourth-order valence-corrected chi connectivity index (χ4v) is 3.32. The number of alkyl halides is 3. The molecule has 1 saturated carbocycles. The lowest BCUT2D eigenvalue weighted by molar-refractivity contribution is -0.108. The van der Waals surface area contributed by atoms with Crippen LogP contribution in [0.25, 0.3) is 0 Å². The van der Waals surface area contributed by atoms with Crippen LogP contribution < -0.4 is 0 Å². The molecule has 16 heavy (non-hydrogen) atoms. The summed E-state index contributed by atoms with van der Waals surface area (Å²) >= 11 is 0. The van der Waals surface area contributed by atoms with Crippen molar-refractivity contribution in [1.82, 2.24) is 0 Å². The van der Waals surface area contributed by atoms with E-state index in [1.165, 1.54) is 0 Å². The molecule has 0 saturated heterocycles. The van der Waals surface area contributed by atoms with Gasteiger partial charge in [-0.05, 0) is 18.7 Å². The van der Waals surface area contributed by atoms with Gasteiger partial charge in [0.1, 0.15) is 6.16 Å². The topological polar surface area (TPSA) is 26.3 Å². The van der Waals surface area contributed by atoms with Gasteiger partial charge in [0.15, 0.2) is 0 Å². The minimum atomic E-state index is -4.47. The second-order valence-corrected chi connectivity index (χ2v) is 6.39. The zero-order valence-electron chi connectivity index (χ0n) is 9.00. The van der Waals surface area contributed by atoms with Gasteiger partial charge in [0.2, 0.25) is 7.37 Å². The van der Waals surface area contributed by atoms with Crippen LogP contribution in [0, 0.1) is 0 Å². The van der Waals surface area contributed by atoms with Crippen molar-refractivity contribution in [1.29, 1.82) is 0 Å². The molecule has 94 valence electrons. The maximum absolute atomic E-state index is 12.2. The van der Waals surface area contributed by atoms with Crippen LogP contribution in [0.3, 0.4) is 0 Å². The molecule has 0 radical (unpaired) electrons. The number of halogens is 3. The molecule has 0 heterocycles. The Kier molecular flexibility index (Phi) is 4.62. The average Bonchev–Trinajstić information content (AvgIpc) is 2.16. The lowest BCUT2D eigenvalue weighted by Gasteiger charge is -2.26. The van der Waals surface area contributed by atoms with Crippen molar-refractivity contribution in [3.05, 3.63) is 12.4 Å². The molecule has 6 heteroatoms. The van der Waals surface area contributed by atoms with Crippen LogP contribution in [0.4, 0.5) is 13.2 Å². The van der Waals surface area contributed by atoms with Crippen LogP contribution in [0.1, 0.15) is 32.1 Å². The van der Waals surface area contributed by atoms with Crippen LogP contribution in [0.2, 0.25) is 0 Å². The minimum Gasteiger partial charge on any atom is -0.322 e. The molecule has 1 fully saturated rings. The lowest BCUT2D eigenvalue weighted by atomic mass is 9.98. The first kappa shape index (κ1) is 13.8. The standard InChI is InChI=1S/C10H16F3O2P/c1-2-16(14,8-10(11,12)13)15-9-6-4-3-5-7-9/h2,9H,1,3-8H2. The third-order valence-electron chi connectivity index (χ3n) is 2.56. The van der Waals surface area contributed by atoms with Crippen LogP contribution in [-0.2, 0) is 9.09 Å². The van der Waals surface area contributed by atoms with E-state index in [1.54, 1.807) is 0 Å². The molecular weight excluding hydrogens is 240 g/mol. The molecule has 1 aliphatic rings. The van der Waals surface area contributed by atoms with Gasteiger partial charge >= 0.3 is 6.18 Å². The summed E-state index contributed by atoms with van der Waals surface area (Å²) in [4.78, 5) is 0. The van der Waals surface area contributed by atoms with Crippen molar-refractivity contribution in [2.45, 2.75) is 44.4 Å². The molecule has 0 spiro atoms. The monoisotopic (exact) mass is 256 g/mol. The fourth-order valence-electron chi connectivity index (χ4n) is 1.82. The molecule has 0 bridgehead atoms. The highest BCUT2D eigenvalue weighted by Gasteiger charge is 2.39. The molecular formula is C10H16F3O2P. The van der Waals surface area contributed by atoms with Crippen LogP contribution in [0.5, 0.6) is 0 Å². The Bertz CT molecular complexity index is 282. The van der Waals surface area contributed by atoms with Crippen molar-refractivity contribution in [2.75, 3.05) is 6.16 Å². The summed E-state index contributed by atoms with van der Waals surface area (Å²) in [5.41, 5.74) is 0. The van der Waals surface area contributed by atoms with Crippen molar-refractivity contribution in [3.63, 3.8) is 0 Å². The Morgan fingerprint density at radius 1 is 1.31 bits per heavy atom. The van der Waals surface area contributed by atoms with Gasteiger partial charge in [0.25, 0.3) is 0 Å². The summed E-state index contributed by atoms with van der Waals surface area (Å²) in [7, 11) is -3.75. The quantitative estimate of drug-likeness (QED) is 0.700. The predicted octanol–water partition coefficient (Wildman–Crippen LogP) is 4.32. The molecule has 0 aromatic carbocycles. The zero-order chi connectivity index (χ0) is 12.2. The van der Waals surface area contributed by atoms with Gasteiger partial charge in [0, 0.05) is 0 Å². The second-order valence-electron chi connectivity index (χ2n) is 4.05. The molecule has 1 atom stereocenters. The van der Waals surface area contributed by atoms with Gasteiger partial charge in [-0.15, -0.1) is 0 Å². The van der Waals surface area contributed by atoms with Crippen molar-refractivity contribution < 1.29 is 22.3 Å². The average molecular weight is 256 g/mol. The Morgan fingerprint density at radius 3 is 2.31 bits per heavy atom. The van der Waals surface area contributed by atoms with E-state index in [4.69, 9.17) is 4.52 Å². The maximum Gasteiger partial charge on any atom is 0.398 e. The van der Waals surface area contributed by atoms with Gasteiger partial charge < -0.3 is 4.52 Å². The van der Waals surface area contributed by atoms with E-state index in [9.17, 15) is 17.7 Å². The van der Waals surface area contributed by atoms with E-state index in [-0.39, 0.29) is 6.10 Å². The minimum absolute atomic E-state index is 0.306. The fraction of sp³-hybridized carbons (Fsp3) is 0.800. The van der Waals surface area contributed by atoms with Crippen molar-refractivity contribution in [3.8, 4) is 0 Å². The summed E-state index contributed by atoms with van der Waals surface area (Å²) in [6, 6.07) is 0. The van der Waals surface area contributed by atoms with Gasteiger partial charge in [-0.3, -0.25) is 4.57 Å². The van der Waals surface area contributed by atoms with E-state index >= 15 is 0 Å². The molecule has 1 unspecified atom stereocenters. The van der Waals surface area contributed by atoms with E-state index < -0.39 is 19.7 Å². The molecule has 0 aromatic heterocycles. The first-order valence-corrected chi connectivity index (χ1v) is 7.20. The Morgan fingerprint density at radius 2 is 1.88 bits per heavy atom. The second kappa shape index (κ2) is 5.37. The smallest absolute Gasteiger partial charge is 0.322 e. The molecule has 1 rings (SSSR count). The summed E-state index contributed by atoms with van der Waals surface area (Å²) in [5, 5.41) is 0. The van der Waals surface area contributed by atoms with E-state index in [1.807, 2.05) is 0 Å². The predicted molar refractivity (Wildman–Crippen MR) is 56.7 cm³/mol. The zero-order valence-corrected chi connectivity index (χ0v) is 9.90. The van der Waals surface area contributed by atoms with Gasteiger partial charge in [-0.1, -0.05) is 25.8 Å². The molecule has 2 nitrogen and oxygen atoms in total. The normalized spacial score (nSPS) is 22.7. The Balaban J connectivity index is 2.58. The van der Waals surface area contributed by atoms with Gasteiger partial charge in [0.05, 0.1) is 6.10 Å². The highest BCUT2D eigenvalue weighted by molar-refractivity contribution is 7.62. The number of rotatable bonds is 4. The van der Waals surface area contributed by atoms with Gasteiger partial charge in [-0.25, -0.2) is 0 Å². The lowest BCUT2D eigenvalue weighted by Crippen LogP contribution is -2.20. The van der Waals surface area contributed by atoms with Crippen LogP contribution >= 0.6 is 7.37 Å². The molecule has 0 amide bonds. The first-order valence-electron chi connectivity index (χ1n) is 5.32. The summed E-state index contributed by atoms with van der Waals surface area (Å²) in [6.45, 7) is 3.19. The third-order valence-corrected chi connectivity index (χ3v) is 4.57. The maximum atomic E-state index is 12.2. The SMILES string of the molecule is C=CP(=O)(CC(F)(F)F)OC1CCCCC1. The van der Waals surface area contributed by atoms with E-state index in [2.05, 4.69) is 6.58 Å². The first-order chi connectivity index (χ1) is 7.35. The molecule has 0 N–H and O–H groups in total.